The minimum Gasteiger partial charge on any atom is -0.449 e. The number of hydrogen-bond acceptors (Lipinski definition) is 5. The second kappa shape index (κ2) is 8.13. The van der Waals surface area contributed by atoms with Gasteiger partial charge in [0, 0.05) is 13.1 Å². The highest BCUT2D eigenvalue weighted by molar-refractivity contribution is 7.89. The van der Waals surface area contributed by atoms with Crippen LogP contribution >= 0.6 is 0 Å². The second-order valence-electron chi connectivity index (χ2n) is 6.40. The summed E-state index contributed by atoms with van der Waals surface area (Å²) in [7, 11) is -2.63. The summed E-state index contributed by atoms with van der Waals surface area (Å²) >= 11 is 0. The molecule has 0 spiro atoms. The predicted molar refractivity (Wildman–Crippen MR) is 92.5 cm³/mol. The number of hydrogen-bond donors (Lipinski definition) is 1. The number of benzene rings is 1. The SMILES string of the molecule is CNS(=O)(=O)c1ccc(F)c(C(=O)OC(C)C(=O)N2CCC(C)CC2)c1. The van der Waals surface area contributed by atoms with Gasteiger partial charge in [-0.15, -0.1) is 0 Å². The first kappa shape index (κ1) is 20.3. The molecule has 0 saturated carbocycles. The summed E-state index contributed by atoms with van der Waals surface area (Å²) in [5.41, 5.74) is -0.534. The van der Waals surface area contributed by atoms with Crippen molar-refractivity contribution in [2.45, 2.75) is 37.7 Å². The van der Waals surface area contributed by atoms with Crippen LogP contribution in [0.25, 0.3) is 0 Å². The largest absolute Gasteiger partial charge is 0.449 e. The average molecular weight is 386 g/mol. The zero-order valence-corrected chi connectivity index (χ0v) is 15.8. The Balaban J connectivity index is 2.11. The van der Waals surface area contributed by atoms with Gasteiger partial charge >= 0.3 is 5.97 Å². The summed E-state index contributed by atoms with van der Waals surface area (Å²) in [6.07, 6.45) is 0.676. The molecular weight excluding hydrogens is 363 g/mol. The van der Waals surface area contributed by atoms with Gasteiger partial charge in [-0.05, 0) is 50.9 Å². The second-order valence-corrected chi connectivity index (χ2v) is 8.29. The highest BCUT2D eigenvalue weighted by Gasteiger charge is 2.28. The van der Waals surface area contributed by atoms with Crippen LogP contribution in [0.4, 0.5) is 4.39 Å². The molecule has 0 bridgehead atoms. The third-order valence-electron chi connectivity index (χ3n) is 4.46. The van der Waals surface area contributed by atoms with Crippen molar-refractivity contribution in [3.05, 3.63) is 29.6 Å². The molecule has 1 heterocycles. The number of piperidine rings is 1. The molecule has 1 amide bonds. The van der Waals surface area contributed by atoms with E-state index in [-0.39, 0.29) is 10.8 Å². The Morgan fingerprint density at radius 1 is 1.31 bits per heavy atom. The third-order valence-corrected chi connectivity index (χ3v) is 5.88. The first-order valence-corrected chi connectivity index (χ1v) is 9.87. The van der Waals surface area contributed by atoms with Crippen molar-refractivity contribution in [2.24, 2.45) is 5.92 Å². The normalized spacial score (nSPS) is 17.0. The predicted octanol–water partition coefficient (Wildman–Crippen LogP) is 1.54. The zero-order valence-electron chi connectivity index (χ0n) is 15.0. The van der Waals surface area contributed by atoms with Crippen LogP contribution in [0.15, 0.2) is 23.1 Å². The number of esters is 1. The summed E-state index contributed by atoms with van der Waals surface area (Å²) in [5, 5.41) is 0. The molecule has 7 nitrogen and oxygen atoms in total. The van der Waals surface area contributed by atoms with Crippen molar-refractivity contribution in [1.29, 1.82) is 0 Å². The Bertz CT molecular complexity index is 788. The van der Waals surface area contributed by atoms with Gasteiger partial charge in [0.05, 0.1) is 10.5 Å². The number of sulfonamides is 1. The number of nitrogens with one attached hydrogen (secondary N) is 1. The van der Waals surface area contributed by atoms with Crippen molar-refractivity contribution in [1.82, 2.24) is 9.62 Å². The lowest BCUT2D eigenvalue weighted by Gasteiger charge is -2.31. The monoisotopic (exact) mass is 386 g/mol. The third kappa shape index (κ3) is 4.59. The van der Waals surface area contributed by atoms with Crippen LogP contribution in [0.3, 0.4) is 0 Å². The van der Waals surface area contributed by atoms with E-state index in [2.05, 4.69) is 11.6 Å². The summed E-state index contributed by atoms with van der Waals surface area (Å²) < 4.78 is 44.7. The molecule has 9 heteroatoms. The maximum Gasteiger partial charge on any atom is 0.341 e. The number of rotatable bonds is 5. The van der Waals surface area contributed by atoms with E-state index in [4.69, 9.17) is 4.74 Å². The minimum absolute atomic E-state index is 0.266. The van der Waals surface area contributed by atoms with Crippen LogP contribution in [-0.4, -0.2) is 51.4 Å². The quantitative estimate of drug-likeness (QED) is 0.775. The minimum atomic E-state index is -3.84. The van der Waals surface area contributed by atoms with Crippen LogP contribution in [0.1, 0.15) is 37.0 Å². The van der Waals surface area contributed by atoms with Crippen molar-refractivity contribution in [3.63, 3.8) is 0 Å². The molecule has 1 saturated heterocycles. The van der Waals surface area contributed by atoms with Gasteiger partial charge in [-0.25, -0.2) is 22.3 Å². The molecule has 1 aromatic rings. The smallest absolute Gasteiger partial charge is 0.341 e. The maximum atomic E-state index is 13.9. The standard InChI is InChI=1S/C17H23FN2O5S/c1-11-6-8-20(9-7-11)16(21)12(2)25-17(22)14-10-13(4-5-15(14)18)26(23,24)19-3/h4-5,10-12,19H,6-9H2,1-3H3. The van der Waals surface area contributed by atoms with Gasteiger partial charge in [0.25, 0.3) is 5.91 Å². The Kier molecular flexibility index (Phi) is 6.35. The zero-order chi connectivity index (χ0) is 19.5. The van der Waals surface area contributed by atoms with Gasteiger partial charge in [0.1, 0.15) is 5.82 Å². The molecule has 26 heavy (non-hydrogen) atoms. The van der Waals surface area contributed by atoms with Gasteiger partial charge in [0.2, 0.25) is 10.0 Å². The molecule has 1 N–H and O–H groups in total. The van der Waals surface area contributed by atoms with E-state index in [1.165, 1.54) is 14.0 Å². The number of ether oxygens (including phenoxy) is 1. The molecule has 0 radical (unpaired) electrons. The fourth-order valence-electron chi connectivity index (χ4n) is 2.71. The molecule has 144 valence electrons. The molecule has 0 aromatic heterocycles. The summed E-state index contributed by atoms with van der Waals surface area (Å²) in [6.45, 7) is 4.71. The van der Waals surface area contributed by atoms with Crippen molar-refractivity contribution >= 4 is 21.9 Å². The van der Waals surface area contributed by atoms with Crippen LogP contribution in [0.5, 0.6) is 0 Å². The molecule has 1 aromatic carbocycles. The van der Waals surface area contributed by atoms with Crippen LogP contribution in [0.2, 0.25) is 0 Å². The topological polar surface area (TPSA) is 92.8 Å². The fraction of sp³-hybridized carbons (Fsp3) is 0.529. The van der Waals surface area contributed by atoms with E-state index in [1.54, 1.807) is 4.90 Å². The Hall–Kier alpha value is -2.00. The van der Waals surface area contributed by atoms with Crippen LogP contribution in [0, 0.1) is 11.7 Å². The highest BCUT2D eigenvalue weighted by Crippen LogP contribution is 2.19. The van der Waals surface area contributed by atoms with E-state index in [0.29, 0.717) is 19.0 Å². The van der Waals surface area contributed by atoms with Crippen LogP contribution < -0.4 is 4.72 Å². The molecule has 1 aliphatic heterocycles. The molecule has 1 atom stereocenters. The number of carbonyl (C=O) groups is 2. The first-order chi connectivity index (χ1) is 12.2. The Morgan fingerprint density at radius 3 is 2.50 bits per heavy atom. The molecule has 2 rings (SSSR count). The van der Waals surface area contributed by atoms with Crippen molar-refractivity contribution in [2.75, 3.05) is 20.1 Å². The van der Waals surface area contributed by atoms with E-state index in [0.717, 1.165) is 31.0 Å². The number of nitrogens with zero attached hydrogens (tertiary/aromatic N) is 1. The molecular formula is C17H23FN2O5S. The van der Waals surface area contributed by atoms with E-state index in [9.17, 15) is 22.4 Å². The van der Waals surface area contributed by atoms with Crippen molar-refractivity contribution < 1.29 is 27.1 Å². The lowest BCUT2D eigenvalue weighted by atomic mass is 9.99. The summed E-state index contributed by atoms with van der Waals surface area (Å²) in [6, 6.07) is 2.81. The van der Waals surface area contributed by atoms with Crippen molar-refractivity contribution in [3.8, 4) is 0 Å². The molecule has 1 fully saturated rings. The van der Waals surface area contributed by atoms with Gasteiger partial charge in [-0.1, -0.05) is 6.92 Å². The van der Waals surface area contributed by atoms with E-state index >= 15 is 0 Å². The average Bonchev–Trinajstić information content (AvgIpc) is 2.61. The first-order valence-electron chi connectivity index (χ1n) is 8.38. The number of likely N-dealkylation sites (tertiary alicyclic amines) is 1. The lowest BCUT2D eigenvalue weighted by Crippen LogP contribution is -2.44. The van der Waals surface area contributed by atoms with Gasteiger partial charge in [-0.3, -0.25) is 4.79 Å². The molecule has 1 aliphatic rings. The Morgan fingerprint density at radius 2 is 1.92 bits per heavy atom. The van der Waals surface area contributed by atoms with E-state index in [1.807, 2.05) is 0 Å². The number of carbonyl (C=O) groups excluding carboxylic acids is 2. The fourth-order valence-corrected chi connectivity index (χ4v) is 3.46. The summed E-state index contributed by atoms with van der Waals surface area (Å²) in [5.74, 6) is -1.80. The number of halogens is 1. The van der Waals surface area contributed by atoms with Crippen LogP contribution in [-0.2, 0) is 19.6 Å². The van der Waals surface area contributed by atoms with Gasteiger partial charge in [0.15, 0.2) is 6.10 Å². The van der Waals surface area contributed by atoms with E-state index < -0.39 is 33.5 Å². The molecule has 0 aliphatic carbocycles. The van der Waals surface area contributed by atoms with Gasteiger partial charge in [-0.2, -0.15) is 0 Å². The maximum absolute atomic E-state index is 13.9. The number of amides is 1. The highest BCUT2D eigenvalue weighted by atomic mass is 32.2. The molecule has 1 unspecified atom stereocenters. The lowest BCUT2D eigenvalue weighted by molar-refractivity contribution is -0.141. The Labute approximate surface area is 152 Å². The van der Waals surface area contributed by atoms with Gasteiger partial charge < -0.3 is 9.64 Å². The summed E-state index contributed by atoms with van der Waals surface area (Å²) in [4.78, 5) is 26.0.